The van der Waals surface area contributed by atoms with Gasteiger partial charge in [0.05, 0.1) is 7.11 Å². The van der Waals surface area contributed by atoms with Gasteiger partial charge in [0.1, 0.15) is 6.04 Å². The summed E-state index contributed by atoms with van der Waals surface area (Å²) in [5, 5.41) is 21.6. The van der Waals surface area contributed by atoms with Gasteiger partial charge in [0.25, 0.3) is 0 Å². The summed E-state index contributed by atoms with van der Waals surface area (Å²) in [6.07, 6.45) is 0. The van der Waals surface area contributed by atoms with Crippen molar-refractivity contribution >= 4 is 18.6 Å². The van der Waals surface area contributed by atoms with Crippen LogP contribution < -0.4 is 10.8 Å². The van der Waals surface area contributed by atoms with Crippen LogP contribution in [0.1, 0.15) is 19.4 Å². The molecule has 104 valence electrons. The molecule has 0 heterocycles. The average Bonchev–Trinajstić information content (AvgIpc) is 2.38. The maximum atomic E-state index is 11.6. The van der Waals surface area contributed by atoms with Gasteiger partial charge >= 0.3 is 13.1 Å². The van der Waals surface area contributed by atoms with Crippen LogP contribution in [0.15, 0.2) is 24.3 Å². The Morgan fingerprint density at radius 3 is 2.53 bits per heavy atom. The Kier molecular flexibility index (Phi) is 6.01. The molecular formula is C13H20BNO4. The molecule has 0 unspecified atom stereocenters. The third kappa shape index (κ3) is 4.35. The number of benzene rings is 1. The summed E-state index contributed by atoms with van der Waals surface area (Å²) >= 11 is 0. The molecule has 0 aliphatic carbocycles. The number of rotatable bonds is 6. The molecule has 6 heteroatoms. The lowest BCUT2D eigenvalue weighted by Gasteiger charge is -2.20. The number of hydrogen-bond acceptors (Lipinski definition) is 5. The van der Waals surface area contributed by atoms with Crippen molar-refractivity contribution in [3.63, 3.8) is 0 Å². The predicted octanol–water partition coefficient (Wildman–Crippen LogP) is -0.346. The Hall–Kier alpha value is -1.37. The van der Waals surface area contributed by atoms with E-state index in [0.717, 1.165) is 5.56 Å². The zero-order chi connectivity index (χ0) is 14.4. The van der Waals surface area contributed by atoms with E-state index in [1.165, 1.54) is 7.11 Å². The molecule has 0 aliphatic heterocycles. The molecule has 0 aliphatic rings. The maximum absolute atomic E-state index is 11.6. The highest BCUT2D eigenvalue weighted by Gasteiger charge is 2.23. The van der Waals surface area contributed by atoms with Gasteiger partial charge in [0, 0.05) is 6.54 Å². The highest BCUT2D eigenvalue weighted by molar-refractivity contribution is 6.59. The van der Waals surface area contributed by atoms with Crippen molar-refractivity contribution in [1.29, 1.82) is 0 Å². The molecule has 0 saturated carbocycles. The number of hydrogen-bond donors (Lipinski definition) is 3. The van der Waals surface area contributed by atoms with E-state index < -0.39 is 13.2 Å². The smallest absolute Gasteiger partial charge is 0.468 e. The van der Waals surface area contributed by atoms with Crippen LogP contribution in [0.5, 0.6) is 0 Å². The molecule has 1 aromatic carbocycles. The first-order chi connectivity index (χ1) is 8.97. The second-order valence-electron chi connectivity index (χ2n) is 4.70. The van der Waals surface area contributed by atoms with E-state index in [1.807, 2.05) is 19.9 Å². The lowest BCUT2D eigenvalue weighted by Crippen LogP contribution is -2.43. The van der Waals surface area contributed by atoms with Crippen LogP contribution in [0, 0.1) is 5.92 Å². The normalized spacial score (nSPS) is 12.3. The summed E-state index contributed by atoms with van der Waals surface area (Å²) in [5.74, 6) is -0.240. The highest BCUT2D eigenvalue weighted by Crippen LogP contribution is 2.05. The number of nitrogens with one attached hydrogen (secondary N) is 1. The van der Waals surface area contributed by atoms with Crippen LogP contribution in [0.3, 0.4) is 0 Å². The van der Waals surface area contributed by atoms with Gasteiger partial charge in [0.15, 0.2) is 0 Å². The van der Waals surface area contributed by atoms with Crippen molar-refractivity contribution in [2.45, 2.75) is 26.4 Å². The van der Waals surface area contributed by atoms with Crippen molar-refractivity contribution in [3.8, 4) is 0 Å². The molecule has 1 rings (SSSR count). The first-order valence-electron chi connectivity index (χ1n) is 6.22. The van der Waals surface area contributed by atoms with Crippen LogP contribution >= 0.6 is 0 Å². The van der Waals surface area contributed by atoms with Crippen LogP contribution in [-0.2, 0) is 16.1 Å². The van der Waals surface area contributed by atoms with Gasteiger partial charge in [-0.1, -0.05) is 38.1 Å². The Morgan fingerprint density at radius 1 is 1.37 bits per heavy atom. The largest absolute Gasteiger partial charge is 0.488 e. The summed E-state index contributed by atoms with van der Waals surface area (Å²) in [4.78, 5) is 11.6. The van der Waals surface area contributed by atoms with Crippen molar-refractivity contribution in [3.05, 3.63) is 29.8 Å². The lowest BCUT2D eigenvalue weighted by atomic mass is 9.77. The molecule has 1 aromatic rings. The third-order valence-corrected chi connectivity index (χ3v) is 2.97. The summed E-state index contributed by atoms with van der Waals surface area (Å²) in [5.41, 5.74) is 1.18. The van der Waals surface area contributed by atoms with E-state index >= 15 is 0 Å². The Bertz CT molecular complexity index is 423. The van der Waals surface area contributed by atoms with Crippen molar-refractivity contribution in [2.24, 2.45) is 5.92 Å². The molecule has 0 amide bonds. The zero-order valence-electron chi connectivity index (χ0n) is 11.5. The minimum Gasteiger partial charge on any atom is -0.468 e. The molecule has 0 fully saturated rings. The molecule has 0 saturated heterocycles. The van der Waals surface area contributed by atoms with E-state index in [4.69, 9.17) is 4.74 Å². The topological polar surface area (TPSA) is 78.8 Å². The predicted molar refractivity (Wildman–Crippen MR) is 73.7 cm³/mol. The lowest BCUT2D eigenvalue weighted by molar-refractivity contribution is -0.144. The molecule has 3 N–H and O–H groups in total. The van der Waals surface area contributed by atoms with Crippen LogP contribution in [0.2, 0.25) is 0 Å². The fraction of sp³-hybridized carbons (Fsp3) is 0.462. The molecule has 0 bridgehead atoms. The summed E-state index contributed by atoms with van der Waals surface area (Å²) in [6, 6.07) is 6.55. The van der Waals surface area contributed by atoms with Crippen LogP contribution in [-0.4, -0.2) is 36.3 Å². The summed E-state index contributed by atoms with van der Waals surface area (Å²) in [6.45, 7) is 4.20. The molecular weight excluding hydrogens is 245 g/mol. The Balaban J connectivity index is 2.77. The van der Waals surface area contributed by atoms with Crippen molar-refractivity contribution < 1.29 is 19.6 Å². The SMILES string of the molecule is COC(=O)[C@H](NCc1ccccc1B(O)O)C(C)C. The van der Waals surface area contributed by atoms with E-state index in [0.29, 0.717) is 12.0 Å². The monoisotopic (exact) mass is 265 g/mol. The van der Waals surface area contributed by atoms with E-state index in [-0.39, 0.29) is 11.9 Å². The van der Waals surface area contributed by atoms with Gasteiger partial charge < -0.3 is 20.1 Å². The standard InChI is InChI=1S/C13H20BNO4/c1-9(2)12(13(16)19-3)15-8-10-6-4-5-7-11(10)14(17)18/h4-7,9,12,15,17-18H,8H2,1-3H3/t12-/m1/s1. The summed E-state index contributed by atoms with van der Waals surface area (Å²) < 4.78 is 4.74. The van der Waals surface area contributed by atoms with Gasteiger partial charge in [-0.05, 0) is 16.9 Å². The second-order valence-corrected chi connectivity index (χ2v) is 4.70. The van der Waals surface area contributed by atoms with Gasteiger partial charge in [-0.3, -0.25) is 4.79 Å². The van der Waals surface area contributed by atoms with Gasteiger partial charge in [0.2, 0.25) is 0 Å². The fourth-order valence-electron chi connectivity index (χ4n) is 1.89. The minimum absolute atomic E-state index is 0.0821. The average molecular weight is 265 g/mol. The molecule has 5 nitrogen and oxygen atoms in total. The Labute approximate surface area is 113 Å². The molecule has 0 aromatic heterocycles. The Morgan fingerprint density at radius 2 is 2.00 bits per heavy atom. The van der Waals surface area contributed by atoms with E-state index in [1.54, 1.807) is 18.2 Å². The minimum atomic E-state index is -1.52. The van der Waals surface area contributed by atoms with E-state index in [2.05, 4.69) is 5.32 Å². The number of carbonyl (C=O) groups excluding carboxylic acids is 1. The first-order valence-corrected chi connectivity index (χ1v) is 6.22. The number of ether oxygens (including phenoxy) is 1. The number of esters is 1. The maximum Gasteiger partial charge on any atom is 0.488 e. The molecule has 0 spiro atoms. The van der Waals surface area contributed by atoms with E-state index in [9.17, 15) is 14.8 Å². The summed E-state index contributed by atoms with van der Waals surface area (Å²) in [7, 11) is -0.168. The molecule has 19 heavy (non-hydrogen) atoms. The van der Waals surface area contributed by atoms with Gasteiger partial charge in [-0.15, -0.1) is 0 Å². The zero-order valence-corrected chi connectivity index (χ0v) is 11.5. The van der Waals surface area contributed by atoms with Gasteiger partial charge in [-0.25, -0.2) is 0 Å². The quantitative estimate of drug-likeness (QED) is 0.484. The first kappa shape index (κ1) is 15.7. The number of methoxy groups -OCH3 is 1. The van der Waals surface area contributed by atoms with Gasteiger partial charge in [-0.2, -0.15) is 0 Å². The highest BCUT2D eigenvalue weighted by atomic mass is 16.5. The van der Waals surface area contributed by atoms with Crippen LogP contribution in [0.25, 0.3) is 0 Å². The van der Waals surface area contributed by atoms with Crippen molar-refractivity contribution in [2.75, 3.05) is 7.11 Å². The van der Waals surface area contributed by atoms with Crippen LogP contribution in [0.4, 0.5) is 0 Å². The molecule has 1 atom stereocenters. The number of carbonyl (C=O) groups is 1. The van der Waals surface area contributed by atoms with Crippen molar-refractivity contribution in [1.82, 2.24) is 5.32 Å². The third-order valence-electron chi connectivity index (χ3n) is 2.97. The second kappa shape index (κ2) is 7.28. The molecule has 0 radical (unpaired) electrons. The fourth-order valence-corrected chi connectivity index (χ4v) is 1.89.